The highest BCUT2D eigenvalue weighted by Crippen LogP contribution is 2.06. The molecule has 1 rings (SSSR count). The highest BCUT2D eigenvalue weighted by molar-refractivity contribution is 5.81. The minimum absolute atomic E-state index is 0.0160. The van der Waals surface area contributed by atoms with Crippen LogP contribution in [0.1, 0.15) is 32.6 Å². The largest absolute Gasteiger partial charge is 0.393 e. The molecule has 82 valence electrons. The standard InChI is InChI=1S/C10H20N2O2/c1-8(13)5-7-12-10(14)9-4-2-3-6-11-9/h8-9,11,13H,2-7H2,1H3,(H,12,14)/t8-,9-/m0/s1. The zero-order chi connectivity index (χ0) is 10.4. The first-order valence-electron chi connectivity index (χ1n) is 5.39. The van der Waals surface area contributed by atoms with E-state index < -0.39 is 0 Å². The summed E-state index contributed by atoms with van der Waals surface area (Å²) in [7, 11) is 0. The molecule has 0 unspecified atom stereocenters. The van der Waals surface area contributed by atoms with Crippen LogP contribution in [0.3, 0.4) is 0 Å². The quantitative estimate of drug-likeness (QED) is 0.599. The molecule has 0 bridgehead atoms. The van der Waals surface area contributed by atoms with Crippen LogP contribution in [-0.4, -0.2) is 36.2 Å². The number of aliphatic hydroxyl groups is 1. The average molecular weight is 200 g/mol. The van der Waals surface area contributed by atoms with Gasteiger partial charge in [-0.3, -0.25) is 4.79 Å². The molecule has 0 aromatic heterocycles. The molecular weight excluding hydrogens is 180 g/mol. The Kier molecular flexibility index (Phi) is 4.90. The number of hydrogen-bond donors (Lipinski definition) is 3. The number of rotatable bonds is 4. The monoisotopic (exact) mass is 200 g/mol. The third kappa shape index (κ3) is 4.07. The molecule has 0 aliphatic carbocycles. The molecule has 1 amide bonds. The number of hydrogen-bond acceptors (Lipinski definition) is 3. The van der Waals surface area contributed by atoms with E-state index in [1.165, 1.54) is 0 Å². The fraction of sp³-hybridized carbons (Fsp3) is 0.900. The van der Waals surface area contributed by atoms with Gasteiger partial charge in [0.1, 0.15) is 0 Å². The maximum absolute atomic E-state index is 11.5. The summed E-state index contributed by atoms with van der Waals surface area (Å²) in [5.41, 5.74) is 0. The summed E-state index contributed by atoms with van der Waals surface area (Å²) < 4.78 is 0. The van der Waals surface area contributed by atoms with Crippen molar-refractivity contribution in [3.05, 3.63) is 0 Å². The van der Waals surface area contributed by atoms with Gasteiger partial charge in [-0.15, -0.1) is 0 Å². The van der Waals surface area contributed by atoms with Crippen LogP contribution in [-0.2, 0) is 4.79 Å². The fourth-order valence-electron chi connectivity index (χ4n) is 1.60. The molecule has 1 aliphatic rings. The lowest BCUT2D eigenvalue weighted by atomic mass is 10.0. The second-order valence-electron chi connectivity index (χ2n) is 3.93. The van der Waals surface area contributed by atoms with E-state index >= 15 is 0 Å². The van der Waals surface area contributed by atoms with E-state index in [1.807, 2.05) is 0 Å². The first-order chi connectivity index (χ1) is 6.70. The number of carbonyl (C=O) groups is 1. The molecular formula is C10H20N2O2. The molecule has 14 heavy (non-hydrogen) atoms. The van der Waals surface area contributed by atoms with Crippen LogP contribution in [0.4, 0.5) is 0 Å². The normalized spacial score (nSPS) is 24.3. The van der Waals surface area contributed by atoms with Crippen molar-refractivity contribution in [2.45, 2.75) is 44.8 Å². The zero-order valence-electron chi connectivity index (χ0n) is 8.75. The molecule has 4 heteroatoms. The third-order valence-corrected chi connectivity index (χ3v) is 2.49. The Hall–Kier alpha value is -0.610. The zero-order valence-corrected chi connectivity index (χ0v) is 8.75. The van der Waals surface area contributed by atoms with E-state index in [1.54, 1.807) is 6.92 Å². The first-order valence-corrected chi connectivity index (χ1v) is 5.39. The average Bonchev–Trinajstić information content (AvgIpc) is 2.18. The molecule has 1 fully saturated rings. The van der Waals surface area contributed by atoms with E-state index in [4.69, 9.17) is 5.11 Å². The number of aliphatic hydroxyl groups excluding tert-OH is 1. The smallest absolute Gasteiger partial charge is 0.237 e. The first kappa shape index (κ1) is 11.5. The van der Waals surface area contributed by atoms with Gasteiger partial charge in [-0.05, 0) is 32.7 Å². The van der Waals surface area contributed by atoms with E-state index in [9.17, 15) is 4.79 Å². The van der Waals surface area contributed by atoms with E-state index in [0.717, 1.165) is 25.8 Å². The van der Waals surface area contributed by atoms with Gasteiger partial charge in [-0.25, -0.2) is 0 Å². The van der Waals surface area contributed by atoms with E-state index in [2.05, 4.69) is 10.6 Å². The Morgan fingerprint density at radius 3 is 3.00 bits per heavy atom. The second kappa shape index (κ2) is 5.98. The van der Waals surface area contributed by atoms with Gasteiger partial charge in [-0.1, -0.05) is 6.42 Å². The molecule has 3 N–H and O–H groups in total. The van der Waals surface area contributed by atoms with Crippen molar-refractivity contribution in [1.29, 1.82) is 0 Å². The van der Waals surface area contributed by atoms with Gasteiger partial charge in [0.2, 0.25) is 5.91 Å². The van der Waals surface area contributed by atoms with E-state index in [-0.39, 0.29) is 18.1 Å². The number of amides is 1. The summed E-state index contributed by atoms with van der Waals surface area (Å²) in [5, 5.41) is 15.0. The summed E-state index contributed by atoms with van der Waals surface area (Å²) in [6.07, 6.45) is 3.51. The maximum Gasteiger partial charge on any atom is 0.237 e. The summed E-state index contributed by atoms with van der Waals surface area (Å²) in [6, 6.07) is -0.0160. The molecule has 0 aromatic carbocycles. The van der Waals surface area contributed by atoms with Crippen molar-refractivity contribution in [3.8, 4) is 0 Å². The lowest BCUT2D eigenvalue weighted by Crippen LogP contribution is -2.47. The van der Waals surface area contributed by atoms with Crippen molar-refractivity contribution >= 4 is 5.91 Å². The minimum atomic E-state index is -0.338. The van der Waals surface area contributed by atoms with E-state index in [0.29, 0.717) is 13.0 Å². The van der Waals surface area contributed by atoms with Crippen molar-refractivity contribution in [2.24, 2.45) is 0 Å². The van der Waals surface area contributed by atoms with Crippen molar-refractivity contribution in [3.63, 3.8) is 0 Å². The molecule has 1 heterocycles. The van der Waals surface area contributed by atoms with Crippen molar-refractivity contribution in [1.82, 2.24) is 10.6 Å². The molecule has 0 spiro atoms. The molecule has 0 radical (unpaired) electrons. The number of nitrogens with one attached hydrogen (secondary N) is 2. The Labute approximate surface area is 85.1 Å². The lowest BCUT2D eigenvalue weighted by Gasteiger charge is -2.22. The summed E-state index contributed by atoms with van der Waals surface area (Å²) in [6.45, 7) is 3.23. The third-order valence-electron chi connectivity index (χ3n) is 2.49. The van der Waals surface area contributed by atoms with Crippen LogP contribution in [0.25, 0.3) is 0 Å². The molecule has 4 nitrogen and oxygen atoms in total. The number of piperidine rings is 1. The summed E-state index contributed by atoms with van der Waals surface area (Å²) >= 11 is 0. The van der Waals surface area contributed by atoms with Crippen molar-refractivity contribution < 1.29 is 9.90 Å². The van der Waals surface area contributed by atoms with Crippen LogP contribution in [0, 0.1) is 0 Å². The van der Waals surface area contributed by atoms with Gasteiger partial charge in [0.25, 0.3) is 0 Å². The van der Waals surface area contributed by atoms with Crippen LogP contribution in [0.15, 0.2) is 0 Å². The van der Waals surface area contributed by atoms with Crippen molar-refractivity contribution in [2.75, 3.05) is 13.1 Å². The van der Waals surface area contributed by atoms with Crippen LogP contribution in [0.5, 0.6) is 0 Å². The predicted molar refractivity (Wildman–Crippen MR) is 54.9 cm³/mol. The van der Waals surface area contributed by atoms with Crippen LogP contribution >= 0.6 is 0 Å². The second-order valence-corrected chi connectivity index (χ2v) is 3.93. The number of carbonyl (C=O) groups excluding carboxylic acids is 1. The van der Waals surface area contributed by atoms with Crippen LogP contribution in [0.2, 0.25) is 0 Å². The highest BCUT2D eigenvalue weighted by atomic mass is 16.3. The van der Waals surface area contributed by atoms with Gasteiger partial charge in [-0.2, -0.15) is 0 Å². The van der Waals surface area contributed by atoms with Crippen LogP contribution < -0.4 is 10.6 Å². The fourth-order valence-corrected chi connectivity index (χ4v) is 1.60. The van der Waals surface area contributed by atoms with Gasteiger partial charge in [0, 0.05) is 6.54 Å². The SMILES string of the molecule is C[C@H](O)CCNC(=O)[C@@H]1CCCCN1. The minimum Gasteiger partial charge on any atom is -0.393 e. The van der Waals surface area contributed by atoms with Gasteiger partial charge in [0.15, 0.2) is 0 Å². The highest BCUT2D eigenvalue weighted by Gasteiger charge is 2.19. The Bertz CT molecular complexity index is 177. The summed E-state index contributed by atoms with van der Waals surface area (Å²) in [5.74, 6) is 0.0744. The maximum atomic E-state index is 11.5. The molecule has 2 atom stereocenters. The van der Waals surface area contributed by atoms with Gasteiger partial charge in [0.05, 0.1) is 12.1 Å². The Morgan fingerprint density at radius 1 is 1.64 bits per heavy atom. The Balaban J connectivity index is 2.13. The lowest BCUT2D eigenvalue weighted by molar-refractivity contribution is -0.123. The molecule has 1 saturated heterocycles. The molecule has 0 saturated carbocycles. The topological polar surface area (TPSA) is 61.4 Å². The molecule has 0 aromatic rings. The molecule has 1 aliphatic heterocycles. The Morgan fingerprint density at radius 2 is 2.43 bits per heavy atom. The van der Waals surface area contributed by atoms with Gasteiger partial charge >= 0.3 is 0 Å². The predicted octanol–water partition coefficient (Wildman–Crippen LogP) is 0.0156. The van der Waals surface area contributed by atoms with Gasteiger partial charge < -0.3 is 15.7 Å². The summed E-state index contributed by atoms with van der Waals surface area (Å²) in [4.78, 5) is 11.5.